The molecule has 1 heterocycles. The standard InChI is InChI=1S/C21H27FN4O/c1-24(2)20(17-6-4-3-5-7-17)16-23-21(27)26-14-12-25(13-15-26)19-10-8-18(22)9-11-19/h3-11,20H,12-16H2,1-2H3,(H,23,27). The van der Waals surface area contributed by atoms with Gasteiger partial charge < -0.3 is 20.0 Å². The summed E-state index contributed by atoms with van der Waals surface area (Å²) < 4.78 is 13.1. The first-order valence-electron chi connectivity index (χ1n) is 9.29. The van der Waals surface area contributed by atoms with Crippen LogP contribution < -0.4 is 10.2 Å². The Morgan fingerprint density at radius 2 is 1.67 bits per heavy atom. The predicted octanol–water partition coefficient (Wildman–Crippen LogP) is 2.96. The van der Waals surface area contributed by atoms with Crippen LogP contribution in [0.3, 0.4) is 0 Å². The number of carbonyl (C=O) groups is 1. The van der Waals surface area contributed by atoms with Gasteiger partial charge in [0.1, 0.15) is 5.82 Å². The highest BCUT2D eigenvalue weighted by Gasteiger charge is 2.22. The maximum absolute atomic E-state index is 13.1. The molecule has 0 radical (unpaired) electrons. The lowest BCUT2D eigenvalue weighted by Crippen LogP contribution is -2.52. The van der Waals surface area contributed by atoms with Crippen LogP contribution in [0.2, 0.25) is 0 Å². The van der Waals surface area contributed by atoms with E-state index in [-0.39, 0.29) is 17.9 Å². The normalized spacial score (nSPS) is 15.7. The number of anilines is 1. The summed E-state index contributed by atoms with van der Waals surface area (Å²) in [5.41, 5.74) is 2.18. The fraction of sp³-hybridized carbons (Fsp3) is 0.381. The maximum Gasteiger partial charge on any atom is 0.317 e. The fourth-order valence-corrected chi connectivity index (χ4v) is 3.39. The van der Waals surface area contributed by atoms with Gasteiger partial charge >= 0.3 is 6.03 Å². The number of rotatable bonds is 5. The van der Waals surface area contributed by atoms with Gasteiger partial charge in [-0.15, -0.1) is 0 Å². The molecule has 6 heteroatoms. The van der Waals surface area contributed by atoms with E-state index in [1.54, 1.807) is 12.1 Å². The van der Waals surface area contributed by atoms with Crippen molar-refractivity contribution in [3.63, 3.8) is 0 Å². The molecule has 144 valence electrons. The highest BCUT2D eigenvalue weighted by atomic mass is 19.1. The Kier molecular flexibility index (Phi) is 6.29. The van der Waals surface area contributed by atoms with Crippen molar-refractivity contribution < 1.29 is 9.18 Å². The molecule has 0 bridgehead atoms. The van der Waals surface area contributed by atoms with Gasteiger partial charge in [0.25, 0.3) is 0 Å². The molecule has 3 rings (SSSR count). The van der Waals surface area contributed by atoms with Crippen LogP contribution in [0.25, 0.3) is 0 Å². The van der Waals surface area contributed by atoms with Crippen molar-refractivity contribution in [1.29, 1.82) is 0 Å². The molecule has 0 saturated carbocycles. The number of carbonyl (C=O) groups excluding carboxylic acids is 1. The minimum atomic E-state index is -0.231. The van der Waals surface area contributed by atoms with E-state index in [2.05, 4.69) is 27.2 Å². The summed E-state index contributed by atoms with van der Waals surface area (Å²) in [6, 6.07) is 16.8. The van der Waals surface area contributed by atoms with Gasteiger partial charge in [-0.05, 0) is 43.9 Å². The molecule has 1 unspecified atom stereocenters. The fourth-order valence-electron chi connectivity index (χ4n) is 3.39. The third-order valence-electron chi connectivity index (χ3n) is 5.01. The zero-order chi connectivity index (χ0) is 19.2. The molecular weight excluding hydrogens is 343 g/mol. The summed E-state index contributed by atoms with van der Waals surface area (Å²) in [4.78, 5) is 18.7. The van der Waals surface area contributed by atoms with Crippen LogP contribution in [0.5, 0.6) is 0 Å². The monoisotopic (exact) mass is 370 g/mol. The largest absolute Gasteiger partial charge is 0.368 e. The quantitative estimate of drug-likeness (QED) is 0.880. The number of nitrogens with zero attached hydrogens (tertiary/aromatic N) is 3. The molecule has 5 nitrogen and oxygen atoms in total. The topological polar surface area (TPSA) is 38.8 Å². The van der Waals surface area contributed by atoms with E-state index in [0.29, 0.717) is 19.6 Å². The van der Waals surface area contributed by atoms with Crippen molar-refractivity contribution in [3.8, 4) is 0 Å². The van der Waals surface area contributed by atoms with Crippen molar-refractivity contribution in [3.05, 3.63) is 66.0 Å². The van der Waals surface area contributed by atoms with Gasteiger partial charge in [-0.2, -0.15) is 0 Å². The third-order valence-corrected chi connectivity index (χ3v) is 5.01. The van der Waals surface area contributed by atoms with Crippen molar-refractivity contribution in [2.24, 2.45) is 0 Å². The highest BCUT2D eigenvalue weighted by Crippen LogP contribution is 2.18. The van der Waals surface area contributed by atoms with Gasteiger partial charge in [0.2, 0.25) is 0 Å². The molecule has 0 aromatic heterocycles. The van der Waals surface area contributed by atoms with Crippen LogP contribution in [0.1, 0.15) is 11.6 Å². The highest BCUT2D eigenvalue weighted by molar-refractivity contribution is 5.74. The smallest absolute Gasteiger partial charge is 0.317 e. The molecule has 1 aliphatic heterocycles. The Morgan fingerprint density at radius 3 is 2.26 bits per heavy atom. The first kappa shape index (κ1) is 19.2. The Morgan fingerprint density at radius 1 is 1.04 bits per heavy atom. The zero-order valence-corrected chi connectivity index (χ0v) is 15.9. The first-order valence-corrected chi connectivity index (χ1v) is 9.29. The molecule has 1 fully saturated rings. The van der Waals surface area contributed by atoms with Crippen LogP contribution >= 0.6 is 0 Å². The molecule has 0 spiro atoms. The zero-order valence-electron chi connectivity index (χ0n) is 15.9. The number of piperazine rings is 1. The average Bonchev–Trinajstić information content (AvgIpc) is 2.69. The summed E-state index contributed by atoms with van der Waals surface area (Å²) >= 11 is 0. The number of urea groups is 1. The number of likely N-dealkylation sites (N-methyl/N-ethyl adjacent to an activating group) is 1. The van der Waals surface area contributed by atoms with Crippen LogP contribution in [0.15, 0.2) is 54.6 Å². The van der Waals surface area contributed by atoms with Crippen LogP contribution in [-0.2, 0) is 0 Å². The number of benzene rings is 2. The van der Waals surface area contributed by atoms with Gasteiger partial charge in [0.05, 0.1) is 6.04 Å². The second kappa shape index (κ2) is 8.86. The van der Waals surface area contributed by atoms with E-state index >= 15 is 0 Å². The van der Waals surface area contributed by atoms with Gasteiger partial charge in [-0.1, -0.05) is 30.3 Å². The summed E-state index contributed by atoms with van der Waals surface area (Å²) in [5.74, 6) is -0.231. The van der Waals surface area contributed by atoms with Crippen molar-refractivity contribution in [2.45, 2.75) is 6.04 Å². The summed E-state index contributed by atoms with van der Waals surface area (Å²) in [7, 11) is 4.04. The lowest BCUT2D eigenvalue weighted by Gasteiger charge is -2.36. The van der Waals surface area contributed by atoms with Crippen molar-refractivity contribution >= 4 is 11.7 Å². The molecule has 1 aliphatic rings. The minimum absolute atomic E-state index is 0.0310. The molecule has 2 aromatic rings. The van der Waals surface area contributed by atoms with Crippen LogP contribution in [-0.4, -0.2) is 62.7 Å². The SMILES string of the molecule is CN(C)C(CNC(=O)N1CCN(c2ccc(F)cc2)CC1)c1ccccc1. The number of hydrogen-bond donors (Lipinski definition) is 1. The Bertz CT molecular complexity index is 728. The van der Waals surface area contributed by atoms with Gasteiger partial charge in [-0.3, -0.25) is 0 Å². The van der Waals surface area contributed by atoms with E-state index < -0.39 is 0 Å². The molecule has 0 aliphatic carbocycles. The Balaban J connectivity index is 1.51. The number of nitrogens with one attached hydrogen (secondary N) is 1. The van der Waals surface area contributed by atoms with Crippen molar-refractivity contribution in [1.82, 2.24) is 15.1 Å². The molecule has 1 saturated heterocycles. The first-order chi connectivity index (χ1) is 13.0. The van der Waals surface area contributed by atoms with Crippen molar-refractivity contribution in [2.75, 3.05) is 51.7 Å². The van der Waals surface area contributed by atoms with E-state index in [4.69, 9.17) is 0 Å². The van der Waals surface area contributed by atoms with Crippen LogP contribution in [0, 0.1) is 5.82 Å². The second-order valence-electron chi connectivity index (χ2n) is 7.03. The molecule has 2 aromatic carbocycles. The second-order valence-corrected chi connectivity index (χ2v) is 7.03. The molecular formula is C21H27FN4O. The van der Waals surface area contributed by atoms with Gasteiger partial charge in [0.15, 0.2) is 0 Å². The Labute approximate surface area is 160 Å². The number of hydrogen-bond acceptors (Lipinski definition) is 3. The van der Waals surface area contributed by atoms with E-state index in [1.165, 1.54) is 17.7 Å². The molecule has 2 amide bonds. The summed E-state index contributed by atoms with van der Waals surface area (Å²) in [6.45, 7) is 3.36. The molecule has 27 heavy (non-hydrogen) atoms. The number of amides is 2. The van der Waals surface area contributed by atoms with Crippen LogP contribution in [0.4, 0.5) is 14.9 Å². The average molecular weight is 370 g/mol. The van der Waals surface area contributed by atoms with E-state index in [1.807, 2.05) is 37.2 Å². The number of halogens is 1. The molecule has 1 atom stereocenters. The van der Waals surface area contributed by atoms with E-state index in [9.17, 15) is 9.18 Å². The molecule has 1 N–H and O–H groups in total. The van der Waals surface area contributed by atoms with Gasteiger partial charge in [-0.25, -0.2) is 9.18 Å². The minimum Gasteiger partial charge on any atom is -0.368 e. The van der Waals surface area contributed by atoms with Gasteiger partial charge in [0, 0.05) is 38.4 Å². The third kappa shape index (κ3) is 4.98. The lowest BCUT2D eigenvalue weighted by molar-refractivity contribution is 0.189. The Hall–Kier alpha value is -2.60. The maximum atomic E-state index is 13.1. The summed E-state index contributed by atoms with van der Waals surface area (Å²) in [5, 5.41) is 3.07. The van der Waals surface area contributed by atoms with E-state index in [0.717, 1.165) is 18.8 Å². The lowest BCUT2D eigenvalue weighted by atomic mass is 10.1. The predicted molar refractivity (Wildman–Crippen MR) is 106 cm³/mol. The summed E-state index contributed by atoms with van der Waals surface area (Å²) in [6.07, 6.45) is 0.